The number of amides is 1. The van der Waals surface area contributed by atoms with Crippen LogP contribution in [-0.2, 0) is 26.6 Å². The zero-order chi connectivity index (χ0) is 29.9. The van der Waals surface area contributed by atoms with Crippen molar-refractivity contribution in [1.82, 2.24) is 0 Å². The average molecular weight is 592 g/mol. The highest BCUT2D eigenvalue weighted by atomic mass is 32.2. The first kappa shape index (κ1) is 29.8. The monoisotopic (exact) mass is 591 g/mol. The van der Waals surface area contributed by atoms with Gasteiger partial charge >= 0.3 is 0 Å². The van der Waals surface area contributed by atoms with E-state index in [1.807, 2.05) is 52.0 Å². The van der Waals surface area contributed by atoms with Crippen LogP contribution in [0.1, 0.15) is 38.2 Å². The molecule has 4 rings (SSSR count). The van der Waals surface area contributed by atoms with E-state index >= 15 is 0 Å². The summed E-state index contributed by atoms with van der Waals surface area (Å²) < 4.78 is 54.7. The number of rotatable bonds is 9. The Hall–Kier alpha value is -4.15. The second-order valence-corrected chi connectivity index (χ2v) is 13.7. The van der Waals surface area contributed by atoms with Crippen molar-refractivity contribution >= 4 is 43.0 Å². The molecule has 0 aliphatic rings. The Bertz CT molecular complexity index is 1800. The fraction of sp³-hybridized carbons (Fsp3) is 0.194. The molecule has 0 radical (unpaired) electrons. The second kappa shape index (κ2) is 11.8. The van der Waals surface area contributed by atoms with Crippen LogP contribution < -0.4 is 14.3 Å². The van der Waals surface area contributed by atoms with Crippen molar-refractivity contribution < 1.29 is 21.6 Å². The standard InChI is InChI=1S/C31H33N3O5S2/c1-21-6-17-30(24(4)18-21)33-41(38,39)29-15-12-27(13-16-29)32-31(35)26-10-8-25(9-11-26)20-34(40(5,36)37)28-14-7-22(2)23(3)19-28/h6-19,33H,20H2,1-5H3,(H,32,35). The smallest absolute Gasteiger partial charge is 0.261 e. The maximum atomic E-state index is 12.8. The number of hydrogen-bond acceptors (Lipinski definition) is 5. The fourth-order valence-electron chi connectivity index (χ4n) is 4.26. The summed E-state index contributed by atoms with van der Waals surface area (Å²) in [4.78, 5) is 12.9. The minimum atomic E-state index is -3.81. The Balaban J connectivity index is 1.43. The Labute approximate surface area is 242 Å². The second-order valence-electron chi connectivity index (χ2n) is 10.1. The van der Waals surface area contributed by atoms with Crippen LogP contribution in [0, 0.1) is 27.7 Å². The van der Waals surface area contributed by atoms with Crippen LogP contribution in [0.4, 0.5) is 17.1 Å². The number of anilines is 3. The summed E-state index contributed by atoms with van der Waals surface area (Å²) in [6.07, 6.45) is 1.17. The molecule has 0 saturated carbocycles. The average Bonchev–Trinajstić information content (AvgIpc) is 2.90. The van der Waals surface area contributed by atoms with Crippen molar-refractivity contribution in [3.05, 3.63) is 118 Å². The van der Waals surface area contributed by atoms with Crippen LogP contribution in [0.5, 0.6) is 0 Å². The van der Waals surface area contributed by atoms with Gasteiger partial charge in [0.15, 0.2) is 0 Å². The van der Waals surface area contributed by atoms with Crippen molar-refractivity contribution in [1.29, 1.82) is 0 Å². The van der Waals surface area contributed by atoms with Gasteiger partial charge in [-0.15, -0.1) is 0 Å². The third-order valence-corrected chi connectivity index (χ3v) is 9.29. The summed E-state index contributed by atoms with van der Waals surface area (Å²) in [5.74, 6) is -0.380. The predicted octanol–water partition coefficient (Wildman–Crippen LogP) is 5.94. The molecule has 0 fully saturated rings. The van der Waals surface area contributed by atoms with E-state index in [4.69, 9.17) is 0 Å². The van der Waals surface area contributed by atoms with Crippen LogP contribution in [0.15, 0.2) is 89.8 Å². The first-order valence-corrected chi connectivity index (χ1v) is 16.2. The zero-order valence-corrected chi connectivity index (χ0v) is 25.2. The van der Waals surface area contributed by atoms with E-state index in [0.29, 0.717) is 22.6 Å². The molecule has 0 heterocycles. The number of aryl methyl sites for hydroxylation is 4. The number of carbonyl (C=O) groups excluding carboxylic acids is 1. The van der Waals surface area contributed by atoms with Gasteiger partial charge in [-0.25, -0.2) is 16.8 Å². The topological polar surface area (TPSA) is 113 Å². The Morgan fingerprint density at radius 3 is 1.98 bits per heavy atom. The third kappa shape index (κ3) is 7.33. The lowest BCUT2D eigenvalue weighted by molar-refractivity contribution is 0.102. The predicted molar refractivity (Wildman–Crippen MR) is 165 cm³/mol. The van der Waals surface area contributed by atoms with Gasteiger partial charge in [0.05, 0.1) is 29.1 Å². The van der Waals surface area contributed by atoms with Gasteiger partial charge in [0.1, 0.15) is 0 Å². The van der Waals surface area contributed by atoms with Crippen molar-refractivity contribution in [3.63, 3.8) is 0 Å². The maximum absolute atomic E-state index is 12.8. The number of sulfonamides is 2. The number of hydrogen-bond donors (Lipinski definition) is 2. The highest BCUT2D eigenvalue weighted by Gasteiger charge is 2.19. The minimum Gasteiger partial charge on any atom is -0.322 e. The van der Waals surface area contributed by atoms with Crippen LogP contribution in [0.25, 0.3) is 0 Å². The first-order valence-electron chi connectivity index (χ1n) is 12.9. The molecular weight excluding hydrogens is 558 g/mol. The summed E-state index contributed by atoms with van der Waals surface area (Å²) in [6.45, 7) is 7.79. The Morgan fingerprint density at radius 2 is 1.39 bits per heavy atom. The van der Waals surface area contributed by atoms with Crippen LogP contribution in [0.3, 0.4) is 0 Å². The van der Waals surface area contributed by atoms with Crippen LogP contribution in [0.2, 0.25) is 0 Å². The molecule has 0 saturated heterocycles. The molecule has 10 heteroatoms. The van der Waals surface area contributed by atoms with Gasteiger partial charge in [-0.3, -0.25) is 13.8 Å². The molecule has 4 aromatic carbocycles. The fourth-order valence-corrected chi connectivity index (χ4v) is 6.27. The molecule has 0 aromatic heterocycles. The van der Waals surface area contributed by atoms with Crippen molar-refractivity contribution in [2.45, 2.75) is 39.1 Å². The van der Waals surface area contributed by atoms with E-state index in [1.54, 1.807) is 36.4 Å². The largest absolute Gasteiger partial charge is 0.322 e. The quantitative estimate of drug-likeness (QED) is 0.250. The number of benzene rings is 4. The van der Waals surface area contributed by atoms with Gasteiger partial charge in [0.2, 0.25) is 10.0 Å². The van der Waals surface area contributed by atoms with Gasteiger partial charge in [0, 0.05) is 11.3 Å². The van der Waals surface area contributed by atoms with Crippen LogP contribution in [-0.4, -0.2) is 29.0 Å². The lowest BCUT2D eigenvalue weighted by Gasteiger charge is -2.23. The molecule has 1 amide bonds. The van der Waals surface area contributed by atoms with Gasteiger partial charge < -0.3 is 5.32 Å². The van der Waals surface area contributed by atoms with Crippen LogP contribution >= 0.6 is 0 Å². The van der Waals surface area contributed by atoms with Gasteiger partial charge in [0.25, 0.3) is 15.9 Å². The Kier molecular flexibility index (Phi) is 8.55. The summed E-state index contributed by atoms with van der Waals surface area (Å²) in [5, 5.41) is 2.76. The zero-order valence-electron chi connectivity index (χ0n) is 23.6. The molecule has 8 nitrogen and oxygen atoms in total. The number of nitrogens with one attached hydrogen (secondary N) is 2. The van der Waals surface area contributed by atoms with E-state index in [2.05, 4.69) is 10.0 Å². The van der Waals surface area contributed by atoms with Gasteiger partial charge in [-0.05, 0) is 105 Å². The van der Waals surface area contributed by atoms with E-state index in [1.165, 1.54) is 34.8 Å². The summed E-state index contributed by atoms with van der Waals surface area (Å²) in [6, 6.07) is 23.5. The molecule has 0 bridgehead atoms. The van der Waals surface area contributed by atoms with E-state index in [0.717, 1.165) is 27.8 Å². The summed E-state index contributed by atoms with van der Waals surface area (Å²) in [7, 11) is -7.35. The van der Waals surface area contributed by atoms with Crippen molar-refractivity contribution in [3.8, 4) is 0 Å². The number of carbonyl (C=O) groups is 1. The summed E-state index contributed by atoms with van der Waals surface area (Å²) >= 11 is 0. The highest BCUT2D eigenvalue weighted by molar-refractivity contribution is 7.92. The van der Waals surface area contributed by atoms with Gasteiger partial charge in [-0.2, -0.15) is 0 Å². The van der Waals surface area contributed by atoms with E-state index in [9.17, 15) is 21.6 Å². The molecule has 0 aliphatic carbocycles. The molecule has 0 atom stereocenters. The van der Waals surface area contributed by atoms with E-state index in [-0.39, 0.29) is 17.3 Å². The molecule has 0 spiro atoms. The van der Waals surface area contributed by atoms with Crippen molar-refractivity contribution in [2.75, 3.05) is 20.6 Å². The third-order valence-electron chi connectivity index (χ3n) is 6.77. The lowest BCUT2D eigenvalue weighted by atomic mass is 10.1. The Morgan fingerprint density at radius 1 is 0.732 bits per heavy atom. The molecule has 4 aromatic rings. The molecule has 214 valence electrons. The lowest BCUT2D eigenvalue weighted by Crippen LogP contribution is -2.29. The molecular formula is C31H33N3O5S2. The van der Waals surface area contributed by atoms with Crippen molar-refractivity contribution in [2.24, 2.45) is 0 Å². The summed E-state index contributed by atoms with van der Waals surface area (Å²) in [5.41, 5.74) is 6.52. The molecule has 0 aliphatic heterocycles. The highest BCUT2D eigenvalue weighted by Crippen LogP contribution is 2.25. The van der Waals surface area contributed by atoms with Gasteiger partial charge in [-0.1, -0.05) is 35.9 Å². The molecule has 41 heavy (non-hydrogen) atoms. The van der Waals surface area contributed by atoms with E-state index < -0.39 is 20.0 Å². The molecule has 0 unspecified atom stereocenters. The number of nitrogens with zero attached hydrogens (tertiary/aromatic N) is 1. The SMILES string of the molecule is Cc1ccc(NS(=O)(=O)c2ccc(NC(=O)c3ccc(CN(c4ccc(C)c(C)c4)S(C)(=O)=O)cc3)cc2)c(C)c1. The molecule has 2 N–H and O–H groups in total. The maximum Gasteiger partial charge on any atom is 0.261 e. The first-order chi connectivity index (χ1) is 19.2. The normalized spacial score (nSPS) is 11.6. The minimum absolute atomic E-state index is 0.0685.